The number of fused-ring (bicyclic) bond motifs is 18. The summed E-state index contributed by atoms with van der Waals surface area (Å²) < 4.78 is 70.3. The molecule has 1 N–H and O–H groups in total. The smallest absolute Gasteiger partial charge is 0.295 e. The molecule has 0 bridgehead atoms. The Labute approximate surface area is 692 Å². The van der Waals surface area contributed by atoms with E-state index in [4.69, 9.17) is 14.7 Å². The number of para-hydroxylation sites is 2. The van der Waals surface area contributed by atoms with Gasteiger partial charge in [0.05, 0.1) is 36.1 Å². The van der Waals surface area contributed by atoms with Gasteiger partial charge in [-0.05, 0) is 151 Å². The van der Waals surface area contributed by atoms with E-state index in [-0.39, 0.29) is 91.7 Å². The number of hydrogen-bond donors (Lipinski definition) is 1. The molecule has 11 heteroatoms. The van der Waals surface area contributed by atoms with E-state index in [0.29, 0.717) is 11.1 Å². The topological polar surface area (TPSA) is 80.0 Å². The molecule has 5 aliphatic rings. The van der Waals surface area contributed by atoms with E-state index in [2.05, 4.69) is 340 Å². The molecule has 0 atom stereocenters. The fourth-order valence-electron chi connectivity index (χ4n) is 17.9. The summed E-state index contributed by atoms with van der Waals surface area (Å²) in [5, 5.41) is 20.1. The fraction of sp³-hybridized carbons (Fsp3) is 0.115. The summed E-state index contributed by atoms with van der Waals surface area (Å²) in [6.45, 7) is 17.0. The first-order chi connectivity index (χ1) is 58.6. The number of aryl methyl sites for hydroxylation is 3. The van der Waals surface area contributed by atoms with E-state index in [1.165, 1.54) is 191 Å². The first kappa shape index (κ1) is 65.3. The first-order valence-electron chi connectivity index (χ1n) is 42.2. The number of allylic oxidation sites excluding steroid dienone is 2. The maximum atomic E-state index is 10.0. The molecule has 0 saturated carbocycles. The quantitative estimate of drug-likeness (QED) is 0.0627. The number of imidazole rings is 3. The van der Waals surface area contributed by atoms with Gasteiger partial charge in [-0.25, -0.2) is 13.7 Å². The Morgan fingerprint density at radius 2 is 1.17 bits per heavy atom. The van der Waals surface area contributed by atoms with Crippen molar-refractivity contribution >= 4 is 76.5 Å². The van der Waals surface area contributed by atoms with Gasteiger partial charge in [-0.15, -0.1) is 35.4 Å². The van der Waals surface area contributed by atoms with Gasteiger partial charge >= 0.3 is 0 Å². The van der Waals surface area contributed by atoms with Crippen molar-refractivity contribution in [1.29, 1.82) is 0 Å². The minimum absolute atomic E-state index is 0. The zero-order chi connectivity index (χ0) is 83.6. The zero-order valence-electron chi connectivity index (χ0n) is 71.8. The molecule has 4 aliphatic heterocycles. The molecule has 10 heterocycles. The number of rotatable bonds is 4. The van der Waals surface area contributed by atoms with Crippen LogP contribution in [0.1, 0.15) is 87.4 Å². The van der Waals surface area contributed by atoms with Gasteiger partial charge in [0.25, 0.3) is 17.3 Å². The number of aliphatic hydroxyl groups excluding tert-OH is 1. The molecule has 1 radical (unpaired) electrons. The molecule has 19 aromatic rings. The van der Waals surface area contributed by atoms with Crippen LogP contribution in [0, 0.1) is 26.8 Å². The number of aromatic nitrogens is 8. The summed E-state index contributed by atoms with van der Waals surface area (Å²) in [5.74, 6) is 2.48. The van der Waals surface area contributed by atoms with Gasteiger partial charge in [0.1, 0.15) is 56.5 Å². The molecule has 0 unspecified atom stereocenters. The number of ketones is 1. The third kappa shape index (κ3) is 12.8. The Kier molecular flexibility index (Phi) is 17.0. The minimum atomic E-state index is -0.331. The van der Waals surface area contributed by atoms with Crippen LogP contribution in [0.25, 0.3) is 139 Å². The van der Waals surface area contributed by atoms with Crippen molar-refractivity contribution in [2.24, 2.45) is 0 Å². The SMILES string of the molecule is CC(=O)C=C(C)O.CC1(C)c2ccc[c-]c2-c2nccc3cccc1c23.Cc1ccc2c(c1)c1cccc3c1c1n2c(-c2c(C)cccc2C)c[n+]1C3.[2H]c1cc2c(c([2H])c1[2H])C[n+]1c([2H])c([2H])c([2H])c([2H])c1-2.[Ir].c1ccc2c(c1)C[n+]1c-2n(-c2cccc3ccccc23)c2ccccc21.c1ccc2c(c1)C[n+]1ccn(-c3cccc4ccccc34)c1-2. The maximum absolute atomic E-state index is 10.0. The molecule has 10 nitrogen and oxygen atoms in total. The van der Waals surface area contributed by atoms with Crippen LogP contribution >= 0.6 is 0 Å². The molecular formula is C104H85IrN8O2+3. The van der Waals surface area contributed by atoms with Gasteiger partial charge in [0.15, 0.2) is 35.2 Å². The van der Waals surface area contributed by atoms with Gasteiger partial charge in [-0.2, -0.15) is 18.1 Å². The van der Waals surface area contributed by atoms with Gasteiger partial charge in [-0.1, -0.05) is 220 Å². The zero-order valence-corrected chi connectivity index (χ0v) is 67.2. The number of benzene rings is 13. The predicted molar refractivity (Wildman–Crippen MR) is 461 cm³/mol. The van der Waals surface area contributed by atoms with E-state index < -0.39 is 0 Å². The van der Waals surface area contributed by atoms with Crippen molar-refractivity contribution in [1.82, 2.24) is 18.5 Å². The van der Waals surface area contributed by atoms with Gasteiger partial charge in [-0.3, -0.25) is 4.79 Å². The second-order valence-corrected chi connectivity index (χ2v) is 30.5. The molecule has 13 aromatic carbocycles. The second kappa shape index (κ2) is 30.0. The normalized spacial score (nSPS) is 13.7. The van der Waals surface area contributed by atoms with Crippen molar-refractivity contribution in [2.75, 3.05) is 0 Å². The van der Waals surface area contributed by atoms with Crippen LogP contribution in [-0.4, -0.2) is 29.4 Å². The largest absolute Gasteiger partial charge is 0.512 e. The van der Waals surface area contributed by atoms with Gasteiger partial charge < -0.3 is 10.1 Å². The van der Waals surface area contributed by atoms with Crippen molar-refractivity contribution in [3.05, 3.63) is 396 Å². The van der Waals surface area contributed by atoms with Crippen molar-refractivity contribution in [3.8, 4) is 67.9 Å². The summed E-state index contributed by atoms with van der Waals surface area (Å²) in [5.41, 5.74) is 27.2. The summed E-state index contributed by atoms with van der Waals surface area (Å²) in [4.78, 5) is 14.6. The molecular weight excluding hydrogens is 1590 g/mol. The Morgan fingerprint density at radius 1 is 0.539 bits per heavy atom. The molecule has 24 rings (SSSR count). The standard InChI is InChI=1S/C25H21N2.C24H17N2.C20H15N2.C18H14N.C12H10N.C5H8O2.Ir/c1-15-10-11-21-20(12-15)19-9-5-8-18-13-26-14-22(27(21)25(26)24(18)19)23-16(2)6-4-7-17(23)3;1-3-11-19-17(8-1)10-7-15-21(19)26-23-14-6-5-13-22(23)25-16-18-9-2-4-12-20(18)24(25)26;1-3-9-17-15(6-1)8-5-11-19(17)22-13-12-21-14-16-7-2-4-10-18(16)20(21)22;1-18(2)14-8-4-3-7-13(14)17-16-12(10-11-19-17)6-5-9-15(16)18;1-2-6-11-10(5-1)9-13-8-4-3-7-12(11)13;1-4(6)3-5(2)7;/h4-12,14H,13H2,1-3H3;1-15H,16H2;1-13H,14H2;3-6,8-11H,1-2H3;1-8H,9H2;3,6H,1-2H3;/q3*+1;-1;+1;;/i;;;;1D,2D,3D,4D,5D,7D,8D;;. The van der Waals surface area contributed by atoms with Crippen LogP contribution in [0.5, 0.6) is 0 Å². The van der Waals surface area contributed by atoms with E-state index in [9.17, 15) is 4.79 Å². The average Bonchev–Trinajstić information content (AvgIpc) is 1.51. The van der Waals surface area contributed by atoms with E-state index in [1.807, 2.05) is 12.3 Å². The number of carbonyl (C=O) groups excluding carboxylic acids is 1. The predicted octanol–water partition coefficient (Wildman–Crippen LogP) is 21.9. The number of hydrogen-bond acceptors (Lipinski definition) is 3. The molecule has 1 aliphatic carbocycles. The molecule has 0 saturated heterocycles. The van der Waals surface area contributed by atoms with E-state index >= 15 is 0 Å². The summed E-state index contributed by atoms with van der Waals surface area (Å²) >= 11 is 0. The number of pyridine rings is 3. The Morgan fingerprint density at radius 3 is 1.94 bits per heavy atom. The first-order valence-corrected chi connectivity index (χ1v) is 38.7. The Hall–Kier alpha value is -13.3. The molecule has 559 valence electrons. The summed E-state index contributed by atoms with van der Waals surface area (Å²) in [7, 11) is 0. The van der Waals surface area contributed by atoms with E-state index in [1.54, 1.807) is 0 Å². The molecule has 0 amide bonds. The third-order valence-electron chi connectivity index (χ3n) is 22.9. The number of nitrogens with zero attached hydrogens (tertiary/aromatic N) is 8. The third-order valence-corrected chi connectivity index (χ3v) is 22.9. The second-order valence-electron chi connectivity index (χ2n) is 30.5. The summed E-state index contributed by atoms with van der Waals surface area (Å²) in [6.07, 6.45) is 9.58. The minimum Gasteiger partial charge on any atom is -0.512 e. The Balaban J connectivity index is 0.000000103. The van der Waals surface area contributed by atoms with Crippen LogP contribution in [0.3, 0.4) is 0 Å². The molecule has 0 spiro atoms. The monoisotopic (exact) mass is 1680 g/mol. The number of carbonyl (C=O) groups is 1. The molecule has 115 heavy (non-hydrogen) atoms. The average molecular weight is 1680 g/mol. The van der Waals surface area contributed by atoms with Crippen LogP contribution in [0.2, 0.25) is 0 Å². The van der Waals surface area contributed by atoms with Crippen molar-refractivity contribution in [2.45, 2.75) is 80.1 Å². The van der Waals surface area contributed by atoms with Gasteiger partial charge in [0.2, 0.25) is 5.69 Å². The van der Waals surface area contributed by atoms with Crippen LogP contribution in [0.15, 0.2) is 340 Å². The summed E-state index contributed by atoms with van der Waals surface area (Å²) in [6, 6.07) is 95.0. The number of aliphatic hydroxyl groups is 1. The molecule has 6 aromatic heterocycles. The molecule has 0 fully saturated rings. The van der Waals surface area contributed by atoms with Crippen LogP contribution in [-0.2, 0) is 56.5 Å². The maximum Gasteiger partial charge on any atom is 0.295 e. The van der Waals surface area contributed by atoms with Crippen LogP contribution in [0.4, 0.5) is 0 Å². The van der Waals surface area contributed by atoms with E-state index in [0.717, 1.165) is 30.9 Å². The van der Waals surface area contributed by atoms with Crippen molar-refractivity contribution in [3.63, 3.8) is 0 Å². The fourth-order valence-corrected chi connectivity index (χ4v) is 17.9. The Bertz CT molecular complexity index is 7570. The van der Waals surface area contributed by atoms with Crippen molar-refractivity contribution < 1.29 is 57.9 Å². The van der Waals surface area contributed by atoms with Crippen LogP contribution < -0.4 is 18.3 Å². The van der Waals surface area contributed by atoms with Gasteiger partial charge in [0, 0.05) is 93.8 Å².